The van der Waals surface area contributed by atoms with Gasteiger partial charge in [-0.1, -0.05) is 36.4 Å². The molecule has 4 rings (SSSR count). The summed E-state index contributed by atoms with van der Waals surface area (Å²) in [6, 6.07) is 14.7. The first-order valence-electron chi connectivity index (χ1n) is 8.79. The van der Waals surface area contributed by atoms with Crippen molar-refractivity contribution in [2.24, 2.45) is 0 Å². The summed E-state index contributed by atoms with van der Waals surface area (Å²) >= 11 is 0. The zero-order chi connectivity index (χ0) is 18.7. The van der Waals surface area contributed by atoms with E-state index in [4.69, 9.17) is 0 Å². The van der Waals surface area contributed by atoms with Gasteiger partial charge >= 0.3 is 0 Å². The van der Waals surface area contributed by atoms with Crippen LogP contribution in [0.5, 0.6) is 0 Å². The van der Waals surface area contributed by atoms with E-state index in [1.165, 1.54) is 0 Å². The average Bonchev–Trinajstić information content (AvgIpc) is 2.62. The molecule has 0 spiro atoms. The number of fused-ring (bicyclic) bond motifs is 3. The van der Waals surface area contributed by atoms with Crippen molar-refractivity contribution in [1.29, 1.82) is 0 Å². The number of benzene rings is 2. The molecule has 3 aromatic rings. The van der Waals surface area contributed by atoms with Crippen molar-refractivity contribution >= 4 is 0 Å². The van der Waals surface area contributed by atoms with Crippen LogP contribution in [0.1, 0.15) is 36.1 Å². The maximum atomic E-state index is 15.3. The number of rotatable bonds is 1. The number of pyridine rings is 1. The first-order chi connectivity index (χ1) is 12.2. The highest BCUT2D eigenvalue weighted by atomic mass is 19.3. The molecule has 0 N–H and O–H groups in total. The summed E-state index contributed by atoms with van der Waals surface area (Å²) in [7, 11) is 0. The highest BCUT2D eigenvalue weighted by Gasteiger charge is 2.54. The van der Waals surface area contributed by atoms with E-state index in [-0.39, 0.29) is 5.56 Å². The molecule has 132 valence electrons. The van der Waals surface area contributed by atoms with Crippen LogP contribution < -0.4 is 0 Å². The fourth-order valence-electron chi connectivity index (χ4n) is 3.75. The maximum Gasteiger partial charge on any atom is 0.282 e. The van der Waals surface area contributed by atoms with Crippen LogP contribution in [0.25, 0.3) is 22.4 Å². The van der Waals surface area contributed by atoms with Crippen LogP contribution in [-0.4, -0.2) is 4.98 Å². The van der Waals surface area contributed by atoms with Gasteiger partial charge < -0.3 is 0 Å². The van der Waals surface area contributed by atoms with E-state index in [1.54, 1.807) is 26.0 Å². The third-order valence-corrected chi connectivity index (χ3v) is 5.70. The molecule has 0 radical (unpaired) electrons. The number of halogens is 2. The van der Waals surface area contributed by atoms with Crippen LogP contribution in [0.3, 0.4) is 0 Å². The minimum Gasteiger partial charge on any atom is -0.256 e. The SMILES string of the molecule is Cc1cnc(-c2ccc3c(c2)-c2ccccc2C(C)(C)C3(F)F)cc1C. The van der Waals surface area contributed by atoms with Gasteiger partial charge in [0, 0.05) is 17.3 Å². The Kier molecular flexibility index (Phi) is 3.56. The summed E-state index contributed by atoms with van der Waals surface area (Å²) in [4.78, 5) is 4.49. The molecule has 2 aromatic carbocycles. The van der Waals surface area contributed by atoms with Crippen LogP contribution in [0.15, 0.2) is 54.7 Å². The largest absolute Gasteiger partial charge is 0.282 e. The standard InChI is InChI=1S/C23H21F2N/c1-14-11-21(26-13-15(14)2)16-9-10-20-18(12-16)17-7-5-6-8-19(17)22(3,4)23(20,24)25/h5-13H,1-4H3. The van der Waals surface area contributed by atoms with Crippen LogP contribution in [-0.2, 0) is 11.3 Å². The molecule has 1 aliphatic rings. The first kappa shape index (κ1) is 16.9. The van der Waals surface area contributed by atoms with Crippen molar-refractivity contribution in [3.8, 4) is 22.4 Å². The minimum atomic E-state index is -2.94. The Morgan fingerprint density at radius 3 is 2.27 bits per heavy atom. The molecule has 0 bridgehead atoms. The Balaban J connectivity index is 1.97. The van der Waals surface area contributed by atoms with Crippen LogP contribution in [0.4, 0.5) is 8.78 Å². The smallest absolute Gasteiger partial charge is 0.256 e. The molecular weight excluding hydrogens is 328 g/mol. The Bertz CT molecular complexity index is 1020. The van der Waals surface area contributed by atoms with Gasteiger partial charge in [0.15, 0.2) is 0 Å². The summed E-state index contributed by atoms with van der Waals surface area (Å²) in [6.07, 6.45) is 1.83. The van der Waals surface area contributed by atoms with Gasteiger partial charge in [-0.3, -0.25) is 4.98 Å². The molecule has 0 aliphatic heterocycles. The van der Waals surface area contributed by atoms with Gasteiger partial charge in [0.2, 0.25) is 0 Å². The molecule has 0 saturated heterocycles. The first-order valence-corrected chi connectivity index (χ1v) is 8.79. The van der Waals surface area contributed by atoms with Crippen molar-refractivity contribution < 1.29 is 8.78 Å². The molecule has 3 heteroatoms. The van der Waals surface area contributed by atoms with Gasteiger partial charge in [0.05, 0.1) is 11.1 Å². The zero-order valence-corrected chi connectivity index (χ0v) is 15.4. The highest BCUT2D eigenvalue weighted by molar-refractivity contribution is 5.80. The van der Waals surface area contributed by atoms with Gasteiger partial charge in [-0.05, 0) is 67.6 Å². The predicted molar refractivity (Wildman–Crippen MR) is 102 cm³/mol. The molecule has 0 fully saturated rings. The van der Waals surface area contributed by atoms with E-state index in [0.29, 0.717) is 11.1 Å². The molecule has 26 heavy (non-hydrogen) atoms. The summed E-state index contributed by atoms with van der Waals surface area (Å²) in [5.41, 5.74) is 4.92. The molecule has 0 saturated carbocycles. The van der Waals surface area contributed by atoms with E-state index in [9.17, 15) is 0 Å². The topological polar surface area (TPSA) is 12.9 Å². The quantitative estimate of drug-likeness (QED) is 0.494. The Labute approximate surface area is 152 Å². The van der Waals surface area contributed by atoms with Crippen LogP contribution in [0, 0.1) is 13.8 Å². The molecule has 1 aliphatic carbocycles. The summed E-state index contributed by atoms with van der Waals surface area (Å²) in [5.74, 6) is -2.94. The number of alkyl halides is 2. The number of aromatic nitrogens is 1. The van der Waals surface area contributed by atoms with E-state index >= 15 is 8.78 Å². The zero-order valence-electron chi connectivity index (χ0n) is 15.4. The van der Waals surface area contributed by atoms with Crippen molar-refractivity contribution in [1.82, 2.24) is 4.98 Å². The molecular formula is C23H21F2N. The van der Waals surface area contributed by atoms with Crippen LogP contribution >= 0.6 is 0 Å². The van der Waals surface area contributed by atoms with Crippen molar-refractivity contribution in [2.45, 2.75) is 39.0 Å². The van der Waals surface area contributed by atoms with E-state index < -0.39 is 11.3 Å². The summed E-state index contributed by atoms with van der Waals surface area (Å²) < 4.78 is 30.6. The third kappa shape index (κ3) is 2.23. The Morgan fingerprint density at radius 1 is 0.808 bits per heavy atom. The fourth-order valence-corrected chi connectivity index (χ4v) is 3.75. The molecule has 0 amide bonds. The van der Waals surface area contributed by atoms with Gasteiger partial charge in [0.25, 0.3) is 5.92 Å². The summed E-state index contributed by atoms with van der Waals surface area (Å²) in [5, 5.41) is 0. The van der Waals surface area contributed by atoms with Gasteiger partial charge in [0.1, 0.15) is 0 Å². The maximum absolute atomic E-state index is 15.3. The summed E-state index contributed by atoms with van der Waals surface area (Å²) in [6.45, 7) is 7.28. The lowest BCUT2D eigenvalue weighted by Crippen LogP contribution is -2.41. The molecule has 1 heterocycles. The van der Waals surface area contributed by atoms with E-state index in [2.05, 4.69) is 4.98 Å². The number of aryl methyl sites for hydroxylation is 2. The monoisotopic (exact) mass is 349 g/mol. The molecule has 0 atom stereocenters. The van der Waals surface area contributed by atoms with Crippen LogP contribution in [0.2, 0.25) is 0 Å². The molecule has 1 nitrogen and oxygen atoms in total. The fraction of sp³-hybridized carbons (Fsp3) is 0.261. The normalized spacial score (nSPS) is 16.7. The average molecular weight is 349 g/mol. The minimum absolute atomic E-state index is 0.0915. The van der Waals surface area contributed by atoms with Crippen molar-refractivity contribution in [3.05, 3.63) is 77.0 Å². The lowest BCUT2D eigenvalue weighted by Gasteiger charge is -2.41. The predicted octanol–water partition coefficient (Wildman–Crippen LogP) is 6.42. The Hall–Kier alpha value is -2.55. The molecule has 0 unspecified atom stereocenters. The Morgan fingerprint density at radius 2 is 1.54 bits per heavy atom. The van der Waals surface area contributed by atoms with Gasteiger partial charge in [-0.2, -0.15) is 0 Å². The highest BCUT2D eigenvalue weighted by Crippen LogP contribution is 2.56. The van der Waals surface area contributed by atoms with Gasteiger partial charge in [-0.15, -0.1) is 0 Å². The third-order valence-electron chi connectivity index (χ3n) is 5.70. The second-order valence-corrected chi connectivity index (χ2v) is 7.66. The molecule has 1 aromatic heterocycles. The second-order valence-electron chi connectivity index (χ2n) is 7.66. The lowest BCUT2D eigenvalue weighted by atomic mass is 9.67. The van der Waals surface area contributed by atoms with E-state index in [1.807, 2.05) is 56.4 Å². The van der Waals surface area contributed by atoms with Crippen molar-refractivity contribution in [3.63, 3.8) is 0 Å². The van der Waals surface area contributed by atoms with Crippen molar-refractivity contribution in [2.75, 3.05) is 0 Å². The van der Waals surface area contributed by atoms with E-state index in [0.717, 1.165) is 27.9 Å². The second kappa shape index (κ2) is 5.47. The lowest BCUT2D eigenvalue weighted by molar-refractivity contribution is -0.0739. The number of hydrogen-bond donors (Lipinski definition) is 0. The number of hydrogen-bond acceptors (Lipinski definition) is 1. The number of nitrogens with zero attached hydrogens (tertiary/aromatic N) is 1. The van der Waals surface area contributed by atoms with Gasteiger partial charge in [-0.25, -0.2) is 8.78 Å².